The molecule has 34 heavy (non-hydrogen) atoms. The average Bonchev–Trinajstić information content (AvgIpc) is 2.86. The van der Waals surface area contributed by atoms with Crippen molar-refractivity contribution in [1.29, 1.82) is 0 Å². The van der Waals surface area contributed by atoms with Gasteiger partial charge in [0.05, 0.1) is 5.56 Å². The van der Waals surface area contributed by atoms with Crippen LogP contribution in [-0.4, -0.2) is 62.7 Å². The van der Waals surface area contributed by atoms with Gasteiger partial charge in [-0.15, -0.1) is 0 Å². The first-order valence-electron chi connectivity index (χ1n) is 12.4. The second-order valence-corrected chi connectivity index (χ2v) is 9.27. The Bertz CT molecular complexity index is 952. The molecule has 2 N–H and O–H groups in total. The Labute approximate surface area is 202 Å². The number of piperazine rings is 1. The largest absolute Gasteiger partial charge is 0.375 e. The first-order valence-corrected chi connectivity index (χ1v) is 12.4. The number of carbonyl (C=O) groups excluding carboxylic acids is 2. The Morgan fingerprint density at radius 3 is 2.41 bits per heavy atom. The number of hydrogen-bond donors (Lipinski definition) is 2. The lowest BCUT2D eigenvalue weighted by Gasteiger charge is -2.37. The molecular weight excluding hydrogens is 428 g/mol. The van der Waals surface area contributed by atoms with Gasteiger partial charge >= 0.3 is 0 Å². The molecule has 0 spiro atoms. The van der Waals surface area contributed by atoms with E-state index in [1.54, 1.807) is 6.07 Å². The fraction of sp³-hybridized carbons (Fsp3) is 0.481. The van der Waals surface area contributed by atoms with Crippen LogP contribution in [0.25, 0.3) is 0 Å². The maximum absolute atomic E-state index is 13.4. The molecule has 7 heteroatoms. The zero-order chi connectivity index (χ0) is 23.8. The predicted octanol–water partition coefficient (Wildman–Crippen LogP) is 3.66. The zero-order valence-electron chi connectivity index (χ0n) is 20.1. The molecule has 1 aliphatic heterocycles. The van der Waals surface area contributed by atoms with Gasteiger partial charge in [0.2, 0.25) is 5.91 Å². The third kappa shape index (κ3) is 6.58. The van der Waals surface area contributed by atoms with Gasteiger partial charge in [0, 0.05) is 57.3 Å². The van der Waals surface area contributed by atoms with Crippen molar-refractivity contribution >= 4 is 23.2 Å². The molecular formula is C27H36N4O3. The van der Waals surface area contributed by atoms with Gasteiger partial charge in [-0.05, 0) is 36.6 Å². The van der Waals surface area contributed by atoms with Crippen LogP contribution in [0.3, 0.4) is 0 Å². The van der Waals surface area contributed by atoms with Crippen LogP contribution < -0.4 is 15.5 Å². The second kappa shape index (κ2) is 12.0. The summed E-state index contributed by atoms with van der Waals surface area (Å²) in [6.45, 7) is 4.50. The predicted molar refractivity (Wildman–Crippen MR) is 135 cm³/mol. The molecule has 0 aromatic heterocycles. The van der Waals surface area contributed by atoms with E-state index in [2.05, 4.69) is 44.7 Å². The Morgan fingerprint density at radius 2 is 1.71 bits per heavy atom. The van der Waals surface area contributed by atoms with Gasteiger partial charge < -0.3 is 20.3 Å². The maximum atomic E-state index is 13.4. The Kier molecular flexibility index (Phi) is 8.55. The van der Waals surface area contributed by atoms with E-state index in [1.165, 1.54) is 19.1 Å². The van der Waals surface area contributed by atoms with Crippen molar-refractivity contribution in [2.45, 2.75) is 44.7 Å². The van der Waals surface area contributed by atoms with E-state index in [-0.39, 0.29) is 24.5 Å². The molecule has 0 unspecified atom stereocenters. The number of rotatable bonds is 8. The molecule has 0 atom stereocenters. The summed E-state index contributed by atoms with van der Waals surface area (Å²) >= 11 is 0. The van der Waals surface area contributed by atoms with Crippen LogP contribution in [-0.2, 0) is 16.1 Å². The standard InChI is InChI=1S/C27H36N4O3/c1-34-20-26(32)28-23-12-13-25(24(18-23)27(33)29-22-10-6-3-7-11-22)31-16-14-30(15-17-31)19-21-8-4-2-5-9-21/h2,4-5,8-9,12-13,18,22H,3,6-7,10-11,14-17,19-20H2,1H3,(H,28,32)(H,29,33). The van der Waals surface area contributed by atoms with E-state index in [0.29, 0.717) is 11.3 Å². The van der Waals surface area contributed by atoms with Crippen molar-refractivity contribution in [2.75, 3.05) is 50.1 Å². The van der Waals surface area contributed by atoms with Crippen molar-refractivity contribution in [3.63, 3.8) is 0 Å². The topological polar surface area (TPSA) is 73.9 Å². The molecule has 0 bridgehead atoms. The lowest BCUT2D eigenvalue weighted by Crippen LogP contribution is -2.46. The second-order valence-electron chi connectivity index (χ2n) is 9.27. The monoisotopic (exact) mass is 464 g/mol. The first-order chi connectivity index (χ1) is 16.6. The number of benzene rings is 2. The third-order valence-electron chi connectivity index (χ3n) is 6.70. The molecule has 7 nitrogen and oxygen atoms in total. The van der Waals surface area contributed by atoms with Gasteiger partial charge in [-0.25, -0.2) is 0 Å². The van der Waals surface area contributed by atoms with Gasteiger partial charge in [0.1, 0.15) is 6.61 Å². The molecule has 1 saturated carbocycles. The smallest absolute Gasteiger partial charge is 0.253 e. The number of hydrogen-bond acceptors (Lipinski definition) is 5. The summed E-state index contributed by atoms with van der Waals surface area (Å²) in [7, 11) is 1.49. The fourth-order valence-corrected chi connectivity index (χ4v) is 4.90. The van der Waals surface area contributed by atoms with Gasteiger partial charge in [0.15, 0.2) is 0 Å². The van der Waals surface area contributed by atoms with Crippen LogP contribution >= 0.6 is 0 Å². The summed E-state index contributed by atoms with van der Waals surface area (Å²) < 4.78 is 4.92. The van der Waals surface area contributed by atoms with E-state index in [9.17, 15) is 9.59 Å². The Balaban J connectivity index is 1.47. The lowest BCUT2D eigenvalue weighted by molar-refractivity contribution is -0.119. The third-order valence-corrected chi connectivity index (χ3v) is 6.70. The quantitative estimate of drug-likeness (QED) is 0.624. The Hall–Kier alpha value is -2.90. The van der Waals surface area contributed by atoms with Gasteiger partial charge in [-0.1, -0.05) is 49.6 Å². The summed E-state index contributed by atoms with van der Waals surface area (Å²) in [5.74, 6) is -0.292. The van der Waals surface area contributed by atoms with Gasteiger partial charge in [0.25, 0.3) is 5.91 Å². The summed E-state index contributed by atoms with van der Waals surface area (Å²) in [6, 6.07) is 16.4. The number of anilines is 2. The highest BCUT2D eigenvalue weighted by Crippen LogP contribution is 2.27. The Morgan fingerprint density at radius 1 is 0.971 bits per heavy atom. The van der Waals surface area contributed by atoms with Crippen LogP contribution in [0.2, 0.25) is 0 Å². The van der Waals surface area contributed by atoms with Crippen LogP contribution in [0, 0.1) is 0 Å². The highest BCUT2D eigenvalue weighted by atomic mass is 16.5. The molecule has 2 aliphatic rings. The van der Waals surface area contributed by atoms with Crippen molar-refractivity contribution in [3.8, 4) is 0 Å². The SMILES string of the molecule is COCC(=O)Nc1ccc(N2CCN(Cc3ccccc3)CC2)c(C(=O)NC2CCCCC2)c1. The summed E-state index contributed by atoms with van der Waals surface area (Å²) in [5.41, 5.74) is 3.48. The van der Waals surface area contributed by atoms with E-state index in [0.717, 1.165) is 64.1 Å². The van der Waals surface area contributed by atoms with Crippen molar-refractivity contribution in [3.05, 3.63) is 59.7 Å². The first kappa shape index (κ1) is 24.2. The van der Waals surface area contributed by atoms with E-state index < -0.39 is 0 Å². The van der Waals surface area contributed by atoms with Crippen LogP contribution in [0.5, 0.6) is 0 Å². The van der Waals surface area contributed by atoms with Gasteiger partial charge in [-0.2, -0.15) is 0 Å². The normalized spacial score (nSPS) is 17.4. The summed E-state index contributed by atoms with van der Waals surface area (Å²) in [6.07, 6.45) is 5.63. The fourth-order valence-electron chi connectivity index (χ4n) is 4.90. The molecule has 1 saturated heterocycles. The minimum atomic E-state index is -0.233. The molecule has 2 aromatic carbocycles. The summed E-state index contributed by atoms with van der Waals surface area (Å²) in [5, 5.41) is 6.08. The molecule has 2 amide bonds. The van der Waals surface area contributed by atoms with Crippen LogP contribution in [0.1, 0.15) is 48.0 Å². The minimum absolute atomic E-state index is 0.0191. The number of nitrogens with zero attached hydrogens (tertiary/aromatic N) is 2. The van der Waals surface area contributed by atoms with Gasteiger partial charge in [-0.3, -0.25) is 14.5 Å². The molecule has 2 fully saturated rings. The van der Waals surface area contributed by atoms with Crippen LogP contribution in [0.4, 0.5) is 11.4 Å². The number of amides is 2. The van der Waals surface area contributed by atoms with E-state index >= 15 is 0 Å². The average molecular weight is 465 g/mol. The maximum Gasteiger partial charge on any atom is 0.253 e. The molecule has 1 heterocycles. The van der Waals surface area contributed by atoms with Crippen LogP contribution in [0.15, 0.2) is 48.5 Å². The molecule has 1 aliphatic carbocycles. The number of carbonyl (C=O) groups is 2. The minimum Gasteiger partial charge on any atom is -0.375 e. The van der Waals surface area contributed by atoms with Crippen molar-refractivity contribution in [2.24, 2.45) is 0 Å². The highest BCUT2D eigenvalue weighted by molar-refractivity contribution is 6.02. The zero-order valence-corrected chi connectivity index (χ0v) is 20.1. The van der Waals surface area contributed by atoms with E-state index in [1.807, 2.05) is 18.2 Å². The number of methoxy groups -OCH3 is 1. The van der Waals surface area contributed by atoms with E-state index in [4.69, 9.17) is 4.74 Å². The highest BCUT2D eigenvalue weighted by Gasteiger charge is 2.24. The van der Waals surface area contributed by atoms with Crippen molar-refractivity contribution in [1.82, 2.24) is 10.2 Å². The molecule has 0 radical (unpaired) electrons. The lowest BCUT2D eigenvalue weighted by atomic mass is 9.95. The number of ether oxygens (including phenoxy) is 1. The van der Waals surface area contributed by atoms with Crippen molar-refractivity contribution < 1.29 is 14.3 Å². The number of nitrogens with one attached hydrogen (secondary N) is 2. The summed E-state index contributed by atoms with van der Waals surface area (Å²) in [4.78, 5) is 30.1. The molecule has 4 rings (SSSR count). The molecule has 2 aromatic rings. The molecule has 182 valence electrons.